The molecule has 1 aromatic heterocycles. The number of benzene rings is 2. The highest BCUT2D eigenvalue weighted by atomic mass is 32.2. The lowest BCUT2D eigenvalue weighted by Crippen LogP contribution is -2.30. The van der Waals surface area contributed by atoms with Gasteiger partial charge in [0, 0.05) is 12.1 Å². The van der Waals surface area contributed by atoms with Crippen LogP contribution in [0.25, 0.3) is 0 Å². The SMILES string of the molecule is CCn1c(CN(c2ccc(C)cc2)S(C)(=O)=O)nnc1SCC(=O)c1ccccc1. The van der Waals surface area contributed by atoms with Crippen molar-refractivity contribution < 1.29 is 13.2 Å². The van der Waals surface area contributed by atoms with Crippen LogP contribution in [0.3, 0.4) is 0 Å². The van der Waals surface area contributed by atoms with E-state index in [4.69, 9.17) is 0 Å². The molecule has 0 aliphatic carbocycles. The molecule has 0 radical (unpaired) electrons. The van der Waals surface area contributed by atoms with Gasteiger partial charge in [0.2, 0.25) is 10.0 Å². The summed E-state index contributed by atoms with van der Waals surface area (Å²) in [5.41, 5.74) is 2.27. The Morgan fingerprint density at radius 3 is 2.33 bits per heavy atom. The molecule has 0 aliphatic heterocycles. The number of anilines is 1. The monoisotopic (exact) mass is 444 g/mol. The Hall–Kier alpha value is -2.65. The molecule has 0 spiro atoms. The summed E-state index contributed by atoms with van der Waals surface area (Å²) >= 11 is 1.30. The molecule has 0 bridgehead atoms. The molecule has 7 nitrogen and oxygen atoms in total. The number of hydrogen-bond donors (Lipinski definition) is 0. The number of ketones is 1. The highest BCUT2D eigenvalue weighted by molar-refractivity contribution is 7.99. The van der Waals surface area contributed by atoms with Gasteiger partial charge in [-0.05, 0) is 26.0 Å². The van der Waals surface area contributed by atoms with Crippen molar-refractivity contribution in [2.45, 2.75) is 32.1 Å². The minimum Gasteiger partial charge on any atom is -0.305 e. The molecule has 9 heteroatoms. The Morgan fingerprint density at radius 2 is 1.73 bits per heavy atom. The number of sulfonamides is 1. The third-order valence-electron chi connectivity index (χ3n) is 4.55. The Morgan fingerprint density at radius 1 is 1.07 bits per heavy atom. The number of carbonyl (C=O) groups excluding carboxylic acids is 1. The topological polar surface area (TPSA) is 85.2 Å². The van der Waals surface area contributed by atoms with Gasteiger partial charge in [0.05, 0.1) is 24.2 Å². The average Bonchev–Trinajstić information content (AvgIpc) is 3.12. The molecule has 0 aliphatic rings. The average molecular weight is 445 g/mol. The summed E-state index contributed by atoms with van der Waals surface area (Å²) in [4.78, 5) is 12.4. The van der Waals surface area contributed by atoms with Crippen molar-refractivity contribution in [3.63, 3.8) is 0 Å². The van der Waals surface area contributed by atoms with Gasteiger partial charge in [-0.3, -0.25) is 9.10 Å². The van der Waals surface area contributed by atoms with Crippen LogP contribution >= 0.6 is 11.8 Å². The number of hydrogen-bond acceptors (Lipinski definition) is 6. The van der Waals surface area contributed by atoms with Crippen LogP contribution in [0.15, 0.2) is 59.8 Å². The maximum absolute atomic E-state index is 12.4. The Labute approximate surface area is 181 Å². The molecule has 1 heterocycles. The first-order valence-electron chi connectivity index (χ1n) is 9.47. The number of thioether (sulfide) groups is 1. The predicted octanol–water partition coefficient (Wildman–Crippen LogP) is 3.55. The van der Waals surface area contributed by atoms with Crippen molar-refractivity contribution in [3.8, 4) is 0 Å². The third kappa shape index (κ3) is 5.28. The van der Waals surface area contributed by atoms with Crippen LogP contribution in [-0.4, -0.2) is 41.0 Å². The summed E-state index contributed by atoms with van der Waals surface area (Å²) in [6, 6.07) is 16.4. The molecule has 0 saturated heterocycles. The van der Waals surface area contributed by atoms with Crippen LogP contribution in [0, 0.1) is 6.92 Å². The minimum atomic E-state index is -3.52. The number of aryl methyl sites for hydroxylation is 1. The van der Waals surface area contributed by atoms with Gasteiger partial charge < -0.3 is 4.57 Å². The first-order valence-corrected chi connectivity index (χ1v) is 12.3. The fraction of sp³-hybridized carbons (Fsp3) is 0.286. The largest absolute Gasteiger partial charge is 0.305 e. The number of rotatable bonds is 9. The van der Waals surface area contributed by atoms with Crippen molar-refractivity contribution in [1.29, 1.82) is 0 Å². The van der Waals surface area contributed by atoms with Crippen molar-refractivity contribution >= 4 is 33.3 Å². The van der Waals surface area contributed by atoms with E-state index in [1.165, 1.54) is 22.3 Å². The van der Waals surface area contributed by atoms with E-state index in [-0.39, 0.29) is 18.1 Å². The van der Waals surface area contributed by atoms with Crippen molar-refractivity contribution in [3.05, 3.63) is 71.5 Å². The van der Waals surface area contributed by atoms with Crippen LogP contribution in [0.1, 0.15) is 28.7 Å². The number of Topliss-reactive ketones (excluding diaryl/α,β-unsaturated/α-hetero) is 1. The maximum atomic E-state index is 12.4. The van der Waals surface area contributed by atoms with E-state index in [9.17, 15) is 13.2 Å². The van der Waals surface area contributed by atoms with Gasteiger partial charge in [0.15, 0.2) is 16.8 Å². The second kappa shape index (κ2) is 9.44. The quantitative estimate of drug-likeness (QED) is 0.371. The summed E-state index contributed by atoms with van der Waals surface area (Å²) in [7, 11) is -3.52. The van der Waals surface area contributed by atoms with E-state index in [0.29, 0.717) is 28.8 Å². The lowest BCUT2D eigenvalue weighted by Gasteiger charge is -2.22. The molecule has 0 N–H and O–H groups in total. The summed E-state index contributed by atoms with van der Waals surface area (Å²) in [5.74, 6) is 0.763. The normalized spacial score (nSPS) is 11.4. The molecule has 3 rings (SSSR count). The van der Waals surface area contributed by atoms with Crippen LogP contribution in [0.2, 0.25) is 0 Å². The van der Waals surface area contributed by atoms with Gasteiger partial charge in [-0.2, -0.15) is 0 Å². The van der Waals surface area contributed by atoms with Gasteiger partial charge in [0.25, 0.3) is 0 Å². The smallest absolute Gasteiger partial charge is 0.232 e. The highest BCUT2D eigenvalue weighted by Crippen LogP contribution is 2.23. The Bertz CT molecular complexity index is 1110. The summed E-state index contributed by atoms with van der Waals surface area (Å²) in [6.07, 6.45) is 1.17. The van der Waals surface area contributed by atoms with Gasteiger partial charge >= 0.3 is 0 Å². The molecular formula is C21H24N4O3S2. The zero-order valence-electron chi connectivity index (χ0n) is 17.1. The maximum Gasteiger partial charge on any atom is 0.232 e. The van der Waals surface area contributed by atoms with E-state index in [1.54, 1.807) is 24.3 Å². The van der Waals surface area contributed by atoms with Crippen molar-refractivity contribution in [2.24, 2.45) is 0 Å². The van der Waals surface area contributed by atoms with Crippen molar-refractivity contribution in [1.82, 2.24) is 14.8 Å². The third-order valence-corrected chi connectivity index (χ3v) is 6.65. The Kier molecular flexibility index (Phi) is 6.94. The van der Waals surface area contributed by atoms with Crippen LogP contribution in [0.4, 0.5) is 5.69 Å². The van der Waals surface area contributed by atoms with E-state index in [0.717, 1.165) is 5.56 Å². The molecule has 0 fully saturated rings. The molecule has 0 unspecified atom stereocenters. The lowest BCUT2D eigenvalue weighted by molar-refractivity contribution is 0.102. The predicted molar refractivity (Wildman–Crippen MR) is 119 cm³/mol. The van der Waals surface area contributed by atoms with Gasteiger partial charge in [-0.1, -0.05) is 59.8 Å². The van der Waals surface area contributed by atoms with Crippen LogP contribution in [0.5, 0.6) is 0 Å². The van der Waals surface area contributed by atoms with E-state index in [1.807, 2.05) is 48.7 Å². The molecule has 2 aromatic carbocycles. The van der Waals surface area contributed by atoms with Gasteiger partial charge in [-0.25, -0.2) is 8.42 Å². The van der Waals surface area contributed by atoms with Crippen LogP contribution < -0.4 is 4.31 Å². The summed E-state index contributed by atoms with van der Waals surface area (Å²) in [5, 5.41) is 9.00. The molecule has 30 heavy (non-hydrogen) atoms. The van der Waals surface area contributed by atoms with E-state index >= 15 is 0 Å². The molecule has 3 aromatic rings. The fourth-order valence-electron chi connectivity index (χ4n) is 2.94. The zero-order valence-corrected chi connectivity index (χ0v) is 18.8. The second-order valence-corrected chi connectivity index (χ2v) is 9.68. The molecule has 0 saturated carbocycles. The van der Waals surface area contributed by atoms with E-state index in [2.05, 4.69) is 10.2 Å². The lowest BCUT2D eigenvalue weighted by atomic mass is 10.2. The van der Waals surface area contributed by atoms with Gasteiger partial charge in [0.1, 0.15) is 0 Å². The second-order valence-electron chi connectivity index (χ2n) is 6.83. The molecule has 0 amide bonds. The van der Waals surface area contributed by atoms with E-state index < -0.39 is 10.0 Å². The summed E-state index contributed by atoms with van der Waals surface area (Å²) < 4.78 is 28.0. The number of carbonyl (C=O) groups is 1. The first kappa shape index (κ1) is 22.0. The molecule has 158 valence electrons. The fourth-order valence-corrected chi connectivity index (χ4v) is 4.71. The first-order chi connectivity index (χ1) is 14.3. The number of aromatic nitrogens is 3. The van der Waals surface area contributed by atoms with Gasteiger partial charge in [-0.15, -0.1) is 10.2 Å². The molecule has 0 atom stereocenters. The van der Waals surface area contributed by atoms with Crippen molar-refractivity contribution in [2.75, 3.05) is 16.3 Å². The molecular weight excluding hydrogens is 420 g/mol. The number of nitrogens with zero attached hydrogens (tertiary/aromatic N) is 4. The van der Waals surface area contributed by atoms with Crippen LogP contribution in [-0.2, 0) is 23.1 Å². The minimum absolute atomic E-state index is 0.00483. The Balaban J connectivity index is 1.80. The zero-order chi connectivity index (χ0) is 21.7. The standard InChI is InChI=1S/C21H24N4O3S2/c1-4-24-20(14-25(30(3,27)28)18-12-10-16(2)11-13-18)22-23-21(24)29-15-19(26)17-8-6-5-7-9-17/h5-13H,4,14-15H2,1-3H3. The highest BCUT2D eigenvalue weighted by Gasteiger charge is 2.22. The summed E-state index contributed by atoms with van der Waals surface area (Å²) in [6.45, 7) is 4.51.